The molecule has 8 heteroatoms. The molecule has 3 aliphatic rings. The molecule has 3 amide bonds. The Morgan fingerprint density at radius 3 is 2.63 bits per heavy atom. The van der Waals surface area contributed by atoms with Crippen molar-refractivity contribution in [2.75, 3.05) is 44.3 Å². The number of cyclic esters (lactones) is 1. The van der Waals surface area contributed by atoms with Crippen molar-refractivity contribution in [1.82, 2.24) is 9.80 Å². The van der Waals surface area contributed by atoms with Crippen molar-refractivity contribution in [3.8, 4) is 5.75 Å². The van der Waals surface area contributed by atoms with E-state index in [0.717, 1.165) is 25.8 Å². The van der Waals surface area contributed by atoms with Crippen LogP contribution in [-0.2, 0) is 14.3 Å². The third-order valence-corrected chi connectivity index (χ3v) is 5.36. The molecular weight excluding hydrogens is 350 g/mol. The number of carbonyl (C=O) groups is 3. The molecular formula is C19H23N3O5. The quantitative estimate of drug-likeness (QED) is 0.797. The summed E-state index contributed by atoms with van der Waals surface area (Å²) in [6.45, 7) is 2.32. The molecule has 0 atom stereocenters. The molecule has 144 valence electrons. The summed E-state index contributed by atoms with van der Waals surface area (Å²) in [4.78, 5) is 41.9. The topological polar surface area (TPSA) is 79.4 Å². The van der Waals surface area contributed by atoms with Gasteiger partial charge in [-0.25, -0.2) is 4.79 Å². The number of carbonyl (C=O) groups excluding carboxylic acids is 3. The first kappa shape index (κ1) is 17.6. The Hall–Kier alpha value is -2.77. The van der Waals surface area contributed by atoms with Crippen LogP contribution in [0.5, 0.6) is 5.75 Å². The molecule has 2 saturated heterocycles. The lowest BCUT2D eigenvalue weighted by atomic mass is 10.0. The number of likely N-dealkylation sites (tertiary alicyclic amines) is 1. The van der Waals surface area contributed by atoms with Crippen LogP contribution in [0.1, 0.15) is 19.3 Å². The number of amides is 3. The van der Waals surface area contributed by atoms with E-state index in [4.69, 9.17) is 9.47 Å². The monoisotopic (exact) mass is 373 g/mol. The van der Waals surface area contributed by atoms with Gasteiger partial charge in [0.25, 0.3) is 5.91 Å². The predicted octanol–water partition coefficient (Wildman–Crippen LogP) is 1.25. The highest BCUT2D eigenvalue weighted by Crippen LogP contribution is 2.31. The van der Waals surface area contributed by atoms with E-state index in [0.29, 0.717) is 31.1 Å². The zero-order valence-electron chi connectivity index (χ0n) is 15.1. The highest BCUT2D eigenvalue weighted by atomic mass is 16.6. The standard InChI is InChI=1S/C19H23N3O5/c23-17(12-22-15-4-1-2-5-16(15)27-13-18(22)24)20-9-6-14(7-10-20)21-8-3-11-26-19(21)25/h1-2,4-5,14H,3,6-13H2. The van der Waals surface area contributed by atoms with Crippen LogP contribution in [0.3, 0.4) is 0 Å². The van der Waals surface area contributed by atoms with Gasteiger partial charge in [-0.3, -0.25) is 14.5 Å². The lowest BCUT2D eigenvalue weighted by molar-refractivity contribution is -0.133. The molecule has 0 N–H and O–H groups in total. The maximum Gasteiger partial charge on any atom is 0.410 e. The van der Waals surface area contributed by atoms with E-state index in [2.05, 4.69) is 0 Å². The number of piperidine rings is 1. The Balaban J connectivity index is 1.36. The largest absolute Gasteiger partial charge is 0.482 e. The van der Waals surface area contributed by atoms with E-state index in [9.17, 15) is 14.4 Å². The molecule has 0 saturated carbocycles. The summed E-state index contributed by atoms with van der Waals surface area (Å²) < 4.78 is 10.5. The third-order valence-electron chi connectivity index (χ3n) is 5.36. The molecule has 3 aliphatic heterocycles. The molecule has 4 rings (SSSR count). The van der Waals surface area contributed by atoms with Crippen LogP contribution >= 0.6 is 0 Å². The molecule has 0 spiro atoms. The van der Waals surface area contributed by atoms with Crippen LogP contribution in [0.25, 0.3) is 0 Å². The summed E-state index contributed by atoms with van der Waals surface area (Å²) in [5, 5.41) is 0. The van der Waals surface area contributed by atoms with E-state index in [1.165, 1.54) is 4.90 Å². The number of hydrogen-bond acceptors (Lipinski definition) is 5. The molecule has 1 aromatic rings. The normalized spacial score (nSPS) is 20.8. The van der Waals surface area contributed by atoms with Crippen LogP contribution in [0.15, 0.2) is 24.3 Å². The van der Waals surface area contributed by atoms with E-state index >= 15 is 0 Å². The summed E-state index contributed by atoms with van der Waals surface area (Å²) in [6.07, 6.45) is 2.06. The fraction of sp³-hybridized carbons (Fsp3) is 0.526. The Morgan fingerprint density at radius 1 is 1.07 bits per heavy atom. The summed E-state index contributed by atoms with van der Waals surface area (Å²) in [5.74, 6) is 0.319. The number of benzene rings is 1. The van der Waals surface area contributed by atoms with Crippen LogP contribution in [0.4, 0.5) is 10.5 Å². The van der Waals surface area contributed by atoms with Crippen molar-refractivity contribution in [3.63, 3.8) is 0 Å². The highest BCUT2D eigenvalue weighted by molar-refractivity contribution is 6.02. The van der Waals surface area contributed by atoms with Gasteiger partial charge in [-0.15, -0.1) is 0 Å². The lowest BCUT2D eigenvalue weighted by Crippen LogP contribution is -2.53. The second kappa shape index (κ2) is 7.46. The average molecular weight is 373 g/mol. The smallest absolute Gasteiger partial charge is 0.410 e. The Labute approximate surface area is 157 Å². The minimum atomic E-state index is -0.249. The Bertz CT molecular complexity index is 745. The van der Waals surface area contributed by atoms with Crippen molar-refractivity contribution in [1.29, 1.82) is 0 Å². The van der Waals surface area contributed by atoms with Crippen LogP contribution in [-0.4, -0.2) is 73.1 Å². The van der Waals surface area contributed by atoms with Gasteiger partial charge < -0.3 is 19.3 Å². The number of hydrogen-bond donors (Lipinski definition) is 0. The Morgan fingerprint density at radius 2 is 1.85 bits per heavy atom. The molecule has 0 aromatic heterocycles. The number of para-hydroxylation sites is 2. The molecule has 2 fully saturated rings. The molecule has 0 bridgehead atoms. The van der Waals surface area contributed by atoms with Crippen molar-refractivity contribution >= 4 is 23.6 Å². The molecule has 0 aliphatic carbocycles. The van der Waals surface area contributed by atoms with Gasteiger partial charge in [0.2, 0.25) is 5.91 Å². The number of anilines is 1. The molecule has 27 heavy (non-hydrogen) atoms. The van der Waals surface area contributed by atoms with E-state index in [-0.39, 0.29) is 37.1 Å². The molecule has 0 unspecified atom stereocenters. The van der Waals surface area contributed by atoms with Gasteiger partial charge in [0, 0.05) is 25.7 Å². The summed E-state index contributed by atoms with van der Waals surface area (Å²) >= 11 is 0. The average Bonchev–Trinajstić information content (AvgIpc) is 2.70. The minimum absolute atomic E-state index is 0.00955. The van der Waals surface area contributed by atoms with Gasteiger partial charge in [0.05, 0.1) is 12.3 Å². The van der Waals surface area contributed by atoms with Crippen LogP contribution in [0.2, 0.25) is 0 Å². The molecule has 3 heterocycles. The zero-order valence-corrected chi connectivity index (χ0v) is 15.1. The summed E-state index contributed by atoms with van der Waals surface area (Å²) in [5.41, 5.74) is 0.632. The first-order valence-corrected chi connectivity index (χ1v) is 9.37. The molecule has 1 aromatic carbocycles. The van der Waals surface area contributed by atoms with Crippen LogP contribution < -0.4 is 9.64 Å². The van der Waals surface area contributed by atoms with Crippen molar-refractivity contribution in [2.45, 2.75) is 25.3 Å². The maximum absolute atomic E-state index is 12.8. The van der Waals surface area contributed by atoms with E-state index in [1.54, 1.807) is 21.9 Å². The number of rotatable bonds is 3. The number of ether oxygens (including phenoxy) is 2. The maximum atomic E-state index is 12.8. The van der Waals surface area contributed by atoms with Gasteiger partial charge in [-0.1, -0.05) is 12.1 Å². The SMILES string of the molecule is O=C(CN1C(=O)COc2ccccc21)N1CCC(N2CCCOC2=O)CC1. The fourth-order valence-corrected chi connectivity index (χ4v) is 3.89. The number of fused-ring (bicyclic) bond motifs is 1. The van der Waals surface area contributed by atoms with Crippen molar-refractivity contribution in [3.05, 3.63) is 24.3 Å². The van der Waals surface area contributed by atoms with Gasteiger partial charge in [0.1, 0.15) is 12.3 Å². The number of nitrogens with zero attached hydrogens (tertiary/aromatic N) is 3. The van der Waals surface area contributed by atoms with Gasteiger partial charge in [0.15, 0.2) is 6.61 Å². The summed E-state index contributed by atoms with van der Waals surface area (Å²) in [7, 11) is 0. The van der Waals surface area contributed by atoms with Gasteiger partial charge in [-0.05, 0) is 31.4 Å². The van der Waals surface area contributed by atoms with Crippen molar-refractivity contribution in [2.24, 2.45) is 0 Å². The lowest BCUT2D eigenvalue weighted by Gasteiger charge is -2.40. The van der Waals surface area contributed by atoms with Crippen LogP contribution in [0, 0.1) is 0 Å². The first-order chi connectivity index (χ1) is 13.1. The highest BCUT2D eigenvalue weighted by Gasteiger charge is 2.33. The predicted molar refractivity (Wildman–Crippen MR) is 96.6 cm³/mol. The molecule has 8 nitrogen and oxygen atoms in total. The minimum Gasteiger partial charge on any atom is -0.482 e. The van der Waals surface area contributed by atoms with Gasteiger partial charge in [-0.2, -0.15) is 0 Å². The Kier molecular flexibility index (Phi) is 4.87. The second-order valence-electron chi connectivity index (χ2n) is 7.01. The second-order valence-corrected chi connectivity index (χ2v) is 7.01. The third kappa shape index (κ3) is 3.56. The summed E-state index contributed by atoms with van der Waals surface area (Å²) in [6, 6.07) is 7.36. The van der Waals surface area contributed by atoms with E-state index in [1.807, 2.05) is 12.1 Å². The first-order valence-electron chi connectivity index (χ1n) is 9.37. The fourth-order valence-electron chi connectivity index (χ4n) is 3.89. The van der Waals surface area contributed by atoms with Crippen molar-refractivity contribution < 1.29 is 23.9 Å². The van der Waals surface area contributed by atoms with Gasteiger partial charge >= 0.3 is 6.09 Å². The molecule has 0 radical (unpaired) electrons. The van der Waals surface area contributed by atoms with E-state index < -0.39 is 0 Å². The zero-order chi connectivity index (χ0) is 18.8.